The Labute approximate surface area is 122 Å². The molecule has 2 aromatic rings. The third-order valence-electron chi connectivity index (χ3n) is 2.70. The third-order valence-corrected chi connectivity index (χ3v) is 2.99. The summed E-state index contributed by atoms with van der Waals surface area (Å²) in [6, 6.07) is 6.07. The van der Waals surface area contributed by atoms with Crippen LogP contribution in [0.5, 0.6) is 0 Å². The number of nitrogens with one attached hydrogen (secondary N) is 1. The molecule has 0 aliphatic rings. The van der Waals surface area contributed by atoms with Gasteiger partial charge in [0.15, 0.2) is 0 Å². The Hall–Kier alpha value is -1.82. The molecule has 0 spiro atoms. The van der Waals surface area contributed by atoms with Crippen molar-refractivity contribution >= 4 is 17.3 Å². The van der Waals surface area contributed by atoms with Crippen LogP contribution < -0.4 is 5.32 Å². The molecule has 0 bridgehead atoms. The fourth-order valence-corrected chi connectivity index (χ4v) is 1.91. The minimum absolute atomic E-state index is 0.0528. The van der Waals surface area contributed by atoms with Gasteiger partial charge in [0, 0.05) is 12.2 Å². The Morgan fingerprint density at radius 2 is 1.71 bits per heavy atom. The van der Waals surface area contributed by atoms with Crippen molar-refractivity contribution in [2.75, 3.05) is 5.32 Å². The van der Waals surface area contributed by atoms with E-state index >= 15 is 0 Å². The van der Waals surface area contributed by atoms with Crippen molar-refractivity contribution in [1.82, 2.24) is 0 Å². The first kappa shape index (κ1) is 15.6. The van der Waals surface area contributed by atoms with E-state index in [2.05, 4.69) is 5.32 Å². The molecule has 0 unspecified atom stereocenters. The number of benzene rings is 2. The largest absolute Gasteiger partial charge is 0.416 e. The van der Waals surface area contributed by atoms with Gasteiger partial charge in [-0.15, -0.1) is 0 Å². The van der Waals surface area contributed by atoms with Gasteiger partial charge < -0.3 is 5.32 Å². The first-order valence-corrected chi connectivity index (χ1v) is 6.19. The minimum atomic E-state index is -4.62. The molecule has 0 radical (unpaired) electrons. The minimum Gasteiger partial charge on any atom is -0.381 e. The van der Waals surface area contributed by atoms with Crippen LogP contribution in [0.25, 0.3) is 0 Å². The molecular formula is C14H9ClF5N. The van der Waals surface area contributed by atoms with E-state index in [1.165, 1.54) is 12.1 Å². The molecule has 0 saturated carbocycles. The summed E-state index contributed by atoms with van der Waals surface area (Å²) in [5.74, 6) is -1.58. The van der Waals surface area contributed by atoms with Gasteiger partial charge in [-0.3, -0.25) is 0 Å². The normalized spacial score (nSPS) is 11.5. The summed E-state index contributed by atoms with van der Waals surface area (Å²) >= 11 is 5.58. The van der Waals surface area contributed by atoms with Crippen molar-refractivity contribution in [3.8, 4) is 0 Å². The average Bonchev–Trinajstić information content (AvgIpc) is 2.38. The van der Waals surface area contributed by atoms with E-state index in [4.69, 9.17) is 11.6 Å². The first-order chi connectivity index (χ1) is 9.75. The lowest BCUT2D eigenvalue weighted by Crippen LogP contribution is -2.08. The second kappa shape index (κ2) is 5.89. The van der Waals surface area contributed by atoms with Crippen molar-refractivity contribution in [3.63, 3.8) is 0 Å². The highest BCUT2D eigenvalue weighted by Gasteiger charge is 2.31. The summed E-state index contributed by atoms with van der Waals surface area (Å²) < 4.78 is 63.9. The van der Waals surface area contributed by atoms with Crippen molar-refractivity contribution in [2.45, 2.75) is 12.7 Å². The first-order valence-electron chi connectivity index (χ1n) is 5.81. The summed E-state index contributed by atoms with van der Waals surface area (Å²) in [4.78, 5) is 0. The van der Waals surface area contributed by atoms with Crippen LogP contribution in [-0.2, 0) is 12.7 Å². The van der Waals surface area contributed by atoms with Crippen molar-refractivity contribution < 1.29 is 22.0 Å². The zero-order chi connectivity index (χ0) is 15.6. The summed E-state index contributed by atoms with van der Waals surface area (Å²) in [5, 5.41) is 2.63. The molecule has 0 aliphatic heterocycles. The van der Waals surface area contributed by atoms with Crippen LogP contribution in [0.2, 0.25) is 5.02 Å². The molecule has 0 amide bonds. The van der Waals surface area contributed by atoms with Gasteiger partial charge in [-0.1, -0.05) is 11.6 Å². The zero-order valence-corrected chi connectivity index (χ0v) is 11.2. The smallest absolute Gasteiger partial charge is 0.381 e. The number of alkyl halides is 3. The highest BCUT2D eigenvalue weighted by molar-refractivity contribution is 6.31. The van der Waals surface area contributed by atoms with Gasteiger partial charge in [-0.2, -0.15) is 13.2 Å². The maximum Gasteiger partial charge on any atom is 0.416 e. The highest BCUT2D eigenvalue weighted by atomic mass is 35.5. The molecule has 0 atom stereocenters. The van der Waals surface area contributed by atoms with Gasteiger partial charge in [-0.25, -0.2) is 8.78 Å². The van der Waals surface area contributed by atoms with Crippen LogP contribution in [0.3, 0.4) is 0 Å². The molecular weight excluding hydrogens is 313 g/mol. The van der Waals surface area contributed by atoms with E-state index in [9.17, 15) is 22.0 Å². The summed E-state index contributed by atoms with van der Waals surface area (Å²) in [7, 11) is 0. The third kappa shape index (κ3) is 4.07. The molecule has 112 valence electrons. The quantitative estimate of drug-likeness (QED) is 0.761. The van der Waals surface area contributed by atoms with E-state index in [1.54, 1.807) is 0 Å². The van der Waals surface area contributed by atoms with E-state index in [-0.39, 0.29) is 17.1 Å². The molecule has 2 rings (SSSR count). The Balaban J connectivity index is 2.16. The monoisotopic (exact) mass is 321 g/mol. The number of halogens is 6. The second-order valence-electron chi connectivity index (χ2n) is 4.33. The number of hydrogen-bond acceptors (Lipinski definition) is 1. The Bertz CT molecular complexity index is 654. The van der Waals surface area contributed by atoms with Crippen LogP contribution in [-0.4, -0.2) is 0 Å². The molecule has 1 N–H and O–H groups in total. The predicted octanol–water partition coefficient (Wildman–Crippen LogP) is 5.25. The molecule has 0 saturated heterocycles. The molecule has 1 nitrogen and oxygen atoms in total. The molecule has 0 heterocycles. The fraction of sp³-hybridized carbons (Fsp3) is 0.143. The predicted molar refractivity (Wildman–Crippen MR) is 70.1 cm³/mol. The maximum absolute atomic E-state index is 13.2. The van der Waals surface area contributed by atoms with Crippen molar-refractivity contribution in [1.29, 1.82) is 0 Å². The van der Waals surface area contributed by atoms with E-state index in [0.29, 0.717) is 11.8 Å². The SMILES string of the molecule is Fc1cc(CNc2ccc(F)c(Cl)c2)cc(C(F)(F)F)c1. The van der Waals surface area contributed by atoms with E-state index in [1.807, 2.05) is 0 Å². The summed E-state index contributed by atoms with van der Waals surface area (Å²) in [6.45, 7) is -0.0528. The van der Waals surface area contributed by atoms with Gasteiger partial charge >= 0.3 is 6.18 Å². The van der Waals surface area contributed by atoms with Crippen LogP contribution >= 0.6 is 11.6 Å². The van der Waals surface area contributed by atoms with Crippen molar-refractivity contribution in [3.05, 3.63) is 64.2 Å². The number of anilines is 1. The van der Waals surface area contributed by atoms with Crippen molar-refractivity contribution in [2.24, 2.45) is 0 Å². The standard InChI is InChI=1S/C14H9ClF5N/c15-12-6-11(1-2-13(12)17)21-7-8-3-9(14(18,19)20)5-10(16)4-8/h1-6,21H,7H2. The molecule has 0 fully saturated rings. The van der Waals surface area contributed by atoms with Crippen LogP contribution in [0.15, 0.2) is 36.4 Å². The number of rotatable bonds is 3. The topological polar surface area (TPSA) is 12.0 Å². The average molecular weight is 322 g/mol. The lowest BCUT2D eigenvalue weighted by molar-refractivity contribution is -0.137. The summed E-state index contributed by atoms with van der Waals surface area (Å²) in [5.41, 5.74) is -0.529. The van der Waals surface area contributed by atoms with Crippen LogP contribution in [0.4, 0.5) is 27.6 Å². The maximum atomic E-state index is 13.2. The summed E-state index contributed by atoms with van der Waals surface area (Å²) in [6.07, 6.45) is -4.62. The van der Waals surface area contributed by atoms with Crippen LogP contribution in [0, 0.1) is 11.6 Å². The van der Waals surface area contributed by atoms with Gasteiger partial charge in [0.2, 0.25) is 0 Å². The van der Waals surface area contributed by atoms with Gasteiger partial charge in [0.1, 0.15) is 11.6 Å². The molecule has 0 aliphatic carbocycles. The molecule has 0 aromatic heterocycles. The molecule has 7 heteroatoms. The fourth-order valence-electron chi connectivity index (χ4n) is 1.73. The van der Waals surface area contributed by atoms with Crippen LogP contribution in [0.1, 0.15) is 11.1 Å². The Morgan fingerprint density at radius 3 is 2.33 bits per heavy atom. The molecule has 2 aromatic carbocycles. The highest BCUT2D eigenvalue weighted by Crippen LogP contribution is 2.30. The Morgan fingerprint density at radius 1 is 1.00 bits per heavy atom. The second-order valence-corrected chi connectivity index (χ2v) is 4.74. The van der Waals surface area contributed by atoms with Gasteiger partial charge in [-0.05, 0) is 42.0 Å². The van der Waals surface area contributed by atoms with E-state index in [0.717, 1.165) is 18.2 Å². The van der Waals surface area contributed by atoms with Gasteiger partial charge in [0.05, 0.1) is 10.6 Å². The lowest BCUT2D eigenvalue weighted by Gasteiger charge is -2.11. The van der Waals surface area contributed by atoms with E-state index < -0.39 is 23.4 Å². The lowest BCUT2D eigenvalue weighted by atomic mass is 10.1. The molecule has 21 heavy (non-hydrogen) atoms. The Kier molecular flexibility index (Phi) is 4.37. The zero-order valence-electron chi connectivity index (χ0n) is 10.4. The van der Waals surface area contributed by atoms with Gasteiger partial charge in [0.25, 0.3) is 0 Å². The number of hydrogen-bond donors (Lipinski definition) is 1.